The van der Waals surface area contributed by atoms with Crippen LogP contribution in [0.2, 0.25) is 0 Å². The van der Waals surface area contributed by atoms with E-state index in [0.717, 1.165) is 0 Å². The highest BCUT2D eigenvalue weighted by Gasteiger charge is 2.09. The number of aryl methyl sites for hydroxylation is 1. The number of aromatic nitrogens is 1. The number of rotatable bonds is 1. The summed E-state index contributed by atoms with van der Waals surface area (Å²) in [5, 5.41) is 5.19. The maximum absolute atomic E-state index is 8.97. The summed E-state index contributed by atoms with van der Waals surface area (Å²) in [5.41, 5.74) is 0.716. The largest absolute Gasteiger partial charge is 0.280 e. The van der Waals surface area contributed by atoms with Gasteiger partial charge in [-0.3, -0.25) is 9.11 Å². The van der Waals surface area contributed by atoms with E-state index < -0.39 is 10.8 Å². The third kappa shape index (κ3) is 2.16. The van der Waals surface area contributed by atoms with Crippen molar-refractivity contribution in [1.29, 1.82) is 0 Å². The van der Waals surface area contributed by atoms with Crippen LogP contribution in [0.3, 0.4) is 0 Å². The average molecular weight is 174 g/mol. The summed E-state index contributed by atoms with van der Waals surface area (Å²) in [6, 6.07) is 4.93. The molecule has 1 rings (SSSR count). The van der Waals surface area contributed by atoms with Crippen molar-refractivity contribution >= 4 is 10.8 Å². The van der Waals surface area contributed by atoms with Crippen LogP contribution in [0, 0.1) is 6.92 Å². The summed E-state index contributed by atoms with van der Waals surface area (Å²) in [7, 11) is -3.14. The quantitative estimate of drug-likeness (QED) is 0.600. The number of nitrogens with two attached hydrogens (primary N) is 1. The Kier molecular flexibility index (Phi) is 2.15. The minimum Gasteiger partial charge on any atom is -0.280 e. The zero-order valence-electron chi connectivity index (χ0n) is 6.06. The monoisotopic (exact) mass is 174 g/mol. The number of hydrogen-bond donors (Lipinski definition) is 3. The maximum Gasteiger partial charge on any atom is 0.163 e. The topological polar surface area (TPSA) is 79.4 Å². The van der Waals surface area contributed by atoms with Gasteiger partial charge in [-0.25, -0.2) is 10.1 Å². The van der Waals surface area contributed by atoms with Crippen LogP contribution in [0.15, 0.2) is 23.2 Å². The molecule has 0 bridgehead atoms. The Labute approximate surface area is 66.6 Å². The Morgan fingerprint density at radius 1 is 1.45 bits per heavy atom. The van der Waals surface area contributed by atoms with Crippen LogP contribution in [-0.2, 0) is 0 Å². The van der Waals surface area contributed by atoms with Gasteiger partial charge in [-0.1, -0.05) is 16.8 Å². The van der Waals surface area contributed by atoms with Crippen LogP contribution in [-0.4, -0.2) is 14.1 Å². The molecule has 0 spiro atoms. The lowest BCUT2D eigenvalue weighted by Crippen LogP contribution is -2.10. The van der Waals surface area contributed by atoms with Gasteiger partial charge in [0.25, 0.3) is 0 Å². The second-order valence-corrected chi connectivity index (χ2v) is 3.81. The zero-order chi connectivity index (χ0) is 8.48. The van der Waals surface area contributed by atoms with Crippen molar-refractivity contribution in [3.63, 3.8) is 0 Å². The summed E-state index contributed by atoms with van der Waals surface area (Å²) in [4.78, 5) is 3.86. The van der Waals surface area contributed by atoms with Crippen LogP contribution in [0.5, 0.6) is 0 Å². The molecular formula is C6H10N2O2S. The summed E-state index contributed by atoms with van der Waals surface area (Å²) in [6.45, 7) is 1.76. The van der Waals surface area contributed by atoms with Gasteiger partial charge < -0.3 is 0 Å². The minimum absolute atomic E-state index is 0.137. The molecule has 0 atom stereocenters. The Morgan fingerprint density at radius 3 is 2.45 bits per heavy atom. The first-order valence-electron chi connectivity index (χ1n) is 3.00. The van der Waals surface area contributed by atoms with Crippen LogP contribution in [0.1, 0.15) is 5.69 Å². The molecule has 4 nitrogen and oxygen atoms in total. The van der Waals surface area contributed by atoms with Gasteiger partial charge in [0.15, 0.2) is 5.03 Å². The van der Waals surface area contributed by atoms with Gasteiger partial charge >= 0.3 is 0 Å². The summed E-state index contributed by atoms with van der Waals surface area (Å²) in [5.74, 6) is 0. The van der Waals surface area contributed by atoms with Gasteiger partial charge in [0, 0.05) is 5.69 Å². The zero-order valence-corrected chi connectivity index (χ0v) is 6.88. The van der Waals surface area contributed by atoms with Gasteiger partial charge in [-0.15, -0.1) is 0 Å². The third-order valence-corrected chi connectivity index (χ3v) is 2.01. The van der Waals surface area contributed by atoms with E-state index in [2.05, 4.69) is 4.98 Å². The predicted octanol–water partition coefficient (Wildman–Crippen LogP) is 1.37. The van der Waals surface area contributed by atoms with Crippen molar-refractivity contribution in [2.75, 3.05) is 0 Å². The van der Waals surface area contributed by atoms with E-state index in [-0.39, 0.29) is 5.03 Å². The molecule has 0 amide bonds. The fourth-order valence-corrected chi connectivity index (χ4v) is 1.24. The second-order valence-electron chi connectivity index (χ2n) is 2.21. The van der Waals surface area contributed by atoms with Crippen molar-refractivity contribution < 1.29 is 9.11 Å². The SMILES string of the molecule is Cc1cccc(S(N)(O)O)n1. The molecule has 0 aliphatic carbocycles. The van der Waals surface area contributed by atoms with Gasteiger partial charge in [0.2, 0.25) is 0 Å². The molecule has 0 fully saturated rings. The smallest absolute Gasteiger partial charge is 0.163 e. The maximum atomic E-state index is 8.97. The highest BCUT2D eigenvalue weighted by Crippen LogP contribution is 2.37. The Balaban J connectivity index is 3.06. The van der Waals surface area contributed by atoms with Gasteiger partial charge in [0.1, 0.15) is 0 Å². The Hall–Kier alpha value is -0.620. The summed E-state index contributed by atoms with van der Waals surface area (Å²) in [6.07, 6.45) is 0. The molecule has 0 unspecified atom stereocenters. The Morgan fingerprint density at radius 2 is 2.09 bits per heavy atom. The van der Waals surface area contributed by atoms with Crippen LogP contribution < -0.4 is 5.14 Å². The number of hydrogen-bond acceptors (Lipinski definition) is 4. The molecule has 11 heavy (non-hydrogen) atoms. The fourth-order valence-electron chi connectivity index (χ4n) is 0.685. The highest BCUT2D eigenvalue weighted by molar-refractivity contribution is 8.22. The summed E-state index contributed by atoms with van der Waals surface area (Å²) >= 11 is 0. The molecule has 1 heterocycles. The van der Waals surface area contributed by atoms with Gasteiger partial charge in [-0.2, -0.15) is 0 Å². The van der Waals surface area contributed by atoms with E-state index in [4.69, 9.17) is 14.2 Å². The first-order chi connectivity index (χ1) is 5.00. The van der Waals surface area contributed by atoms with Crippen molar-refractivity contribution in [2.45, 2.75) is 11.9 Å². The molecule has 0 aliphatic heterocycles. The molecule has 0 aliphatic rings. The van der Waals surface area contributed by atoms with Crippen molar-refractivity contribution in [2.24, 2.45) is 5.14 Å². The summed E-state index contributed by atoms with van der Waals surface area (Å²) < 4.78 is 17.9. The van der Waals surface area contributed by atoms with Crippen molar-refractivity contribution in [3.8, 4) is 0 Å². The molecule has 0 saturated heterocycles. The molecular weight excluding hydrogens is 164 g/mol. The standard InChI is InChI=1S/C6H10N2O2S/c1-5-3-2-4-6(8-5)11(7,9)10/h2-4,9-10H,7H2,1H3. The molecule has 4 N–H and O–H groups in total. The molecule has 0 aromatic carbocycles. The molecule has 0 radical (unpaired) electrons. The number of nitrogens with zero attached hydrogens (tertiary/aromatic N) is 1. The third-order valence-electron chi connectivity index (χ3n) is 1.17. The number of pyridine rings is 1. The predicted molar refractivity (Wildman–Crippen MR) is 44.3 cm³/mol. The van der Waals surface area contributed by atoms with Crippen LogP contribution >= 0.6 is 10.8 Å². The van der Waals surface area contributed by atoms with E-state index in [0.29, 0.717) is 5.69 Å². The highest BCUT2D eigenvalue weighted by atomic mass is 32.3. The first-order valence-corrected chi connectivity index (χ1v) is 4.61. The van der Waals surface area contributed by atoms with E-state index in [9.17, 15) is 0 Å². The Bertz CT molecular complexity index is 259. The van der Waals surface area contributed by atoms with Crippen LogP contribution in [0.25, 0.3) is 0 Å². The van der Waals surface area contributed by atoms with Crippen LogP contribution in [0.4, 0.5) is 0 Å². The molecule has 62 valence electrons. The van der Waals surface area contributed by atoms with E-state index in [1.165, 1.54) is 6.07 Å². The van der Waals surface area contributed by atoms with Crippen molar-refractivity contribution in [1.82, 2.24) is 4.98 Å². The molecule has 1 aromatic heterocycles. The molecule has 5 heteroatoms. The van der Waals surface area contributed by atoms with Gasteiger partial charge in [-0.05, 0) is 19.1 Å². The lowest BCUT2D eigenvalue weighted by atomic mass is 10.4. The lowest BCUT2D eigenvalue weighted by Gasteiger charge is -2.24. The lowest BCUT2D eigenvalue weighted by molar-refractivity contribution is 0.484. The molecule has 1 aromatic rings. The first kappa shape index (κ1) is 8.48. The normalized spacial score (nSPS) is 13.1. The second kappa shape index (κ2) is 2.78. The average Bonchev–Trinajstić information content (AvgIpc) is 1.86. The van der Waals surface area contributed by atoms with E-state index in [1.54, 1.807) is 19.1 Å². The minimum atomic E-state index is -3.14. The van der Waals surface area contributed by atoms with E-state index >= 15 is 0 Å². The fraction of sp³-hybridized carbons (Fsp3) is 0.167. The van der Waals surface area contributed by atoms with E-state index in [1.807, 2.05) is 0 Å². The van der Waals surface area contributed by atoms with Crippen molar-refractivity contribution in [3.05, 3.63) is 23.9 Å². The van der Waals surface area contributed by atoms with Gasteiger partial charge in [0.05, 0.1) is 0 Å². The molecule has 0 saturated carbocycles.